The second-order valence-electron chi connectivity index (χ2n) is 7.21. The van der Waals surface area contributed by atoms with E-state index in [1.54, 1.807) is 12.1 Å². The van der Waals surface area contributed by atoms with Crippen LogP contribution in [-0.4, -0.2) is 79.2 Å². The van der Waals surface area contributed by atoms with Gasteiger partial charge in [0.15, 0.2) is 0 Å². The van der Waals surface area contributed by atoms with Crippen LogP contribution < -0.4 is 4.90 Å². The lowest BCUT2D eigenvalue weighted by molar-refractivity contribution is -0.150. The maximum atomic E-state index is 12.7. The van der Waals surface area contributed by atoms with Crippen molar-refractivity contribution >= 4 is 17.6 Å². The van der Waals surface area contributed by atoms with Crippen molar-refractivity contribution < 1.29 is 19.4 Å². The highest BCUT2D eigenvalue weighted by Crippen LogP contribution is 2.21. The van der Waals surface area contributed by atoms with Gasteiger partial charge in [-0.2, -0.15) is 0 Å². The Kier molecular flexibility index (Phi) is 6.55. The average molecular weight is 375 g/mol. The number of rotatable bonds is 5. The Labute approximate surface area is 160 Å². The van der Waals surface area contributed by atoms with Gasteiger partial charge in [0.1, 0.15) is 5.75 Å². The van der Waals surface area contributed by atoms with Gasteiger partial charge in [0.05, 0.1) is 19.1 Å². The van der Waals surface area contributed by atoms with E-state index >= 15 is 0 Å². The molecule has 2 aliphatic heterocycles. The number of amides is 1. The number of anilines is 1. The molecule has 0 aliphatic carbocycles. The number of likely N-dealkylation sites (tertiary alicyclic amines) is 1. The maximum absolute atomic E-state index is 12.7. The summed E-state index contributed by atoms with van der Waals surface area (Å²) in [7, 11) is 0. The summed E-state index contributed by atoms with van der Waals surface area (Å²) in [5.41, 5.74) is 1.06. The summed E-state index contributed by atoms with van der Waals surface area (Å²) in [5, 5.41) is 9.40. The number of piperidine rings is 1. The van der Waals surface area contributed by atoms with Crippen molar-refractivity contribution in [3.05, 3.63) is 24.3 Å². The zero-order valence-corrected chi connectivity index (χ0v) is 16.0. The summed E-state index contributed by atoms with van der Waals surface area (Å²) in [5.74, 6) is 0.134. The summed E-state index contributed by atoms with van der Waals surface area (Å²) >= 11 is 0. The van der Waals surface area contributed by atoms with Crippen molar-refractivity contribution in [2.75, 3.05) is 57.3 Å². The monoisotopic (exact) mass is 375 g/mol. The number of nitrogens with zero attached hydrogens (tertiary/aromatic N) is 3. The summed E-state index contributed by atoms with van der Waals surface area (Å²) in [4.78, 5) is 30.8. The van der Waals surface area contributed by atoms with E-state index in [0.29, 0.717) is 32.8 Å². The SMILES string of the molecule is CCOC(=O)[C@@H]1CCCN(CC(=O)N2CCN(c3ccc(O)cc3)CC2)C1. The largest absolute Gasteiger partial charge is 0.508 e. The lowest BCUT2D eigenvalue weighted by Crippen LogP contribution is -2.52. The lowest BCUT2D eigenvalue weighted by Gasteiger charge is -2.38. The number of benzene rings is 1. The van der Waals surface area contributed by atoms with Gasteiger partial charge in [0, 0.05) is 38.4 Å². The lowest BCUT2D eigenvalue weighted by atomic mass is 9.98. The van der Waals surface area contributed by atoms with Crippen LogP contribution in [0.3, 0.4) is 0 Å². The van der Waals surface area contributed by atoms with Crippen molar-refractivity contribution in [1.29, 1.82) is 0 Å². The fourth-order valence-corrected chi connectivity index (χ4v) is 3.82. The standard InChI is InChI=1S/C20H29N3O4/c1-2-27-20(26)16-4-3-9-21(14-16)15-19(25)23-12-10-22(11-13-23)17-5-7-18(24)8-6-17/h5-8,16,24H,2-4,9-15H2,1H3/t16-/m1/s1. The van der Waals surface area contributed by atoms with E-state index in [1.165, 1.54) is 0 Å². The molecule has 0 aromatic heterocycles. The minimum Gasteiger partial charge on any atom is -0.508 e. The fourth-order valence-electron chi connectivity index (χ4n) is 3.82. The van der Waals surface area contributed by atoms with Crippen LogP contribution in [0, 0.1) is 5.92 Å². The number of phenolic OH excluding ortho intramolecular Hbond substituents is 1. The molecule has 7 heteroatoms. The first kappa shape index (κ1) is 19.5. The molecule has 0 unspecified atom stereocenters. The fraction of sp³-hybridized carbons (Fsp3) is 0.600. The predicted molar refractivity (Wildman–Crippen MR) is 103 cm³/mol. The quantitative estimate of drug-likeness (QED) is 0.783. The van der Waals surface area contributed by atoms with Crippen LogP contribution in [0.5, 0.6) is 5.75 Å². The number of carbonyl (C=O) groups excluding carboxylic acids is 2. The second kappa shape index (κ2) is 9.08. The van der Waals surface area contributed by atoms with Crippen molar-refractivity contribution in [3.63, 3.8) is 0 Å². The Morgan fingerprint density at radius 1 is 1.11 bits per heavy atom. The highest BCUT2D eigenvalue weighted by atomic mass is 16.5. The highest BCUT2D eigenvalue weighted by molar-refractivity contribution is 5.79. The Morgan fingerprint density at radius 2 is 1.81 bits per heavy atom. The predicted octanol–water partition coefficient (Wildman–Crippen LogP) is 1.32. The molecule has 2 fully saturated rings. The highest BCUT2D eigenvalue weighted by Gasteiger charge is 2.29. The molecule has 27 heavy (non-hydrogen) atoms. The summed E-state index contributed by atoms with van der Waals surface area (Å²) < 4.78 is 5.13. The molecular formula is C20H29N3O4. The molecule has 148 valence electrons. The second-order valence-corrected chi connectivity index (χ2v) is 7.21. The third-order valence-electron chi connectivity index (χ3n) is 5.33. The molecule has 1 amide bonds. The maximum Gasteiger partial charge on any atom is 0.310 e. The zero-order chi connectivity index (χ0) is 19.2. The molecule has 0 spiro atoms. The Balaban J connectivity index is 1.46. The van der Waals surface area contributed by atoms with Crippen molar-refractivity contribution in [3.8, 4) is 5.75 Å². The van der Waals surface area contributed by atoms with E-state index in [2.05, 4.69) is 9.80 Å². The van der Waals surface area contributed by atoms with E-state index in [0.717, 1.165) is 38.2 Å². The van der Waals surface area contributed by atoms with Crippen LogP contribution in [0.15, 0.2) is 24.3 Å². The molecule has 1 N–H and O–H groups in total. The molecule has 2 saturated heterocycles. The normalized spacial score (nSPS) is 21.1. The van der Waals surface area contributed by atoms with E-state index in [4.69, 9.17) is 4.74 Å². The molecule has 2 heterocycles. The molecule has 1 atom stereocenters. The van der Waals surface area contributed by atoms with E-state index in [-0.39, 0.29) is 23.5 Å². The van der Waals surface area contributed by atoms with Gasteiger partial charge in [0.2, 0.25) is 5.91 Å². The smallest absolute Gasteiger partial charge is 0.310 e. The van der Waals surface area contributed by atoms with Crippen molar-refractivity contribution in [1.82, 2.24) is 9.80 Å². The van der Waals surface area contributed by atoms with E-state index in [9.17, 15) is 14.7 Å². The number of piperazine rings is 1. The van der Waals surface area contributed by atoms with Gasteiger partial charge in [-0.15, -0.1) is 0 Å². The minimum atomic E-state index is -0.142. The van der Waals surface area contributed by atoms with Crippen LogP contribution in [-0.2, 0) is 14.3 Å². The first-order chi connectivity index (χ1) is 13.1. The Hall–Kier alpha value is -2.28. The van der Waals surface area contributed by atoms with Crippen molar-refractivity contribution in [2.24, 2.45) is 5.92 Å². The Bertz CT molecular complexity index is 641. The molecular weight excluding hydrogens is 346 g/mol. The van der Waals surface area contributed by atoms with E-state index in [1.807, 2.05) is 24.0 Å². The van der Waals surface area contributed by atoms with Gasteiger partial charge in [-0.1, -0.05) is 0 Å². The summed E-state index contributed by atoms with van der Waals surface area (Å²) in [6, 6.07) is 7.17. The number of esters is 1. The average Bonchev–Trinajstić information content (AvgIpc) is 2.69. The molecule has 0 bridgehead atoms. The minimum absolute atomic E-state index is 0.113. The van der Waals surface area contributed by atoms with Crippen LogP contribution in [0.1, 0.15) is 19.8 Å². The molecule has 7 nitrogen and oxygen atoms in total. The first-order valence-corrected chi connectivity index (χ1v) is 9.77. The number of phenols is 1. The van der Waals surface area contributed by atoms with Crippen LogP contribution in [0.2, 0.25) is 0 Å². The number of hydrogen-bond acceptors (Lipinski definition) is 6. The first-order valence-electron chi connectivity index (χ1n) is 9.77. The van der Waals surface area contributed by atoms with Gasteiger partial charge in [-0.25, -0.2) is 0 Å². The molecule has 1 aromatic rings. The molecule has 0 saturated carbocycles. The molecule has 0 radical (unpaired) electrons. The van der Waals surface area contributed by atoms with Gasteiger partial charge in [-0.05, 0) is 50.6 Å². The topological polar surface area (TPSA) is 73.3 Å². The summed E-state index contributed by atoms with van der Waals surface area (Å²) in [6.45, 7) is 7.00. The van der Waals surface area contributed by atoms with Crippen molar-refractivity contribution in [2.45, 2.75) is 19.8 Å². The number of hydrogen-bond donors (Lipinski definition) is 1. The van der Waals surface area contributed by atoms with Crippen LogP contribution in [0.4, 0.5) is 5.69 Å². The van der Waals surface area contributed by atoms with Gasteiger partial charge < -0.3 is 19.6 Å². The summed E-state index contributed by atoms with van der Waals surface area (Å²) in [6.07, 6.45) is 1.76. The van der Waals surface area contributed by atoms with Gasteiger partial charge in [0.25, 0.3) is 0 Å². The van der Waals surface area contributed by atoms with E-state index < -0.39 is 0 Å². The third kappa shape index (κ3) is 5.13. The zero-order valence-electron chi connectivity index (χ0n) is 16.0. The molecule has 2 aliphatic rings. The molecule has 1 aromatic carbocycles. The Morgan fingerprint density at radius 3 is 2.48 bits per heavy atom. The van der Waals surface area contributed by atoms with Gasteiger partial charge in [-0.3, -0.25) is 14.5 Å². The molecule has 3 rings (SSSR count). The van der Waals surface area contributed by atoms with Crippen LogP contribution >= 0.6 is 0 Å². The number of aromatic hydroxyl groups is 1. The third-order valence-corrected chi connectivity index (χ3v) is 5.33. The van der Waals surface area contributed by atoms with Crippen LogP contribution in [0.25, 0.3) is 0 Å². The van der Waals surface area contributed by atoms with Gasteiger partial charge >= 0.3 is 5.97 Å². The number of ether oxygens (including phenoxy) is 1. The number of carbonyl (C=O) groups is 2.